The maximum atomic E-state index is 4.15. The molecule has 0 fully saturated rings. The Bertz CT molecular complexity index is 334. The average Bonchev–Trinajstić information content (AvgIpc) is 2.17. The number of nitrogens with one attached hydrogen (secondary N) is 1. The highest BCUT2D eigenvalue weighted by molar-refractivity contribution is 9.10. The van der Waals surface area contributed by atoms with E-state index in [0.717, 1.165) is 17.6 Å². The summed E-state index contributed by atoms with van der Waals surface area (Å²) >= 11 is 3.43. The number of halogens is 1. The predicted molar refractivity (Wildman–Crippen MR) is 72.3 cm³/mol. The summed E-state index contributed by atoms with van der Waals surface area (Å²) in [5.74, 6) is 0.681. The molecular formula is C13H21BrN2. The highest BCUT2D eigenvalue weighted by atomic mass is 79.9. The molecule has 0 aliphatic heterocycles. The van der Waals surface area contributed by atoms with Crippen LogP contribution in [0.3, 0.4) is 0 Å². The number of rotatable bonds is 5. The molecule has 0 amide bonds. The first-order chi connectivity index (χ1) is 7.42. The SMILES string of the molecule is CC(C)C(C)(C)CNCc1cncc(Br)c1. The van der Waals surface area contributed by atoms with Gasteiger partial charge in [0.25, 0.3) is 0 Å². The Kier molecular flexibility index (Phi) is 4.93. The molecule has 0 unspecified atom stereocenters. The molecule has 90 valence electrons. The minimum Gasteiger partial charge on any atom is -0.312 e. The van der Waals surface area contributed by atoms with Crippen LogP contribution in [-0.4, -0.2) is 11.5 Å². The first-order valence-corrected chi connectivity index (χ1v) is 6.51. The molecule has 0 aliphatic rings. The van der Waals surface area contributed by atoms with Gasteiger partial charge in [-0.15, -0.1) is 0 Å². The number of nitrogens with zero attached hydrogens (tertiary/aromatic N) is 1. The van der Waals surface area contributed by atoms with Gasteiger partial charge in [0, 0.05) is 30.0 Å². The Labute approximate surface area is 107 Å². The first kappa shape index (κ1) is 13.7. The van der Waals surface area contributed by atoms with Crippen LogP contribution in [0, 0.1) is 11.3 Å². The third-order valence-electron chi connectivity index (χ3n) is 3.23. The van der Waals surface area contributed by atoms with Gasteiger partial charge >= 0.3 is 0 Å². The number of pyridine rings is 1. The van der Waals surface area contributed by atoms with Crippen molar-refractivity contribution in [1.82, 2.24) is 10.3 Å². The molecule has 0 saturated heterocycles. The van der Waals surface area contributed by atoms with E-state index in [9.17, 15) is 0 Å². The van der Waals surface area contributed by atoms with E-state index in [0.29, 0.717) is 11.3 Å². The van der Waals surface area contributed by atoms with Crippen LogP contribution in [0.4, 0.5) is 0 Å². The van der Waals surface area contributed by atoms with Gasteiger partial charge in [0.1, 0.15) is 0 Å². The second kappa shape index (κ2) is 5.78. The van der Waals surface area contributed by atoms with Crippen molar-refractivity contribution in [3.63, 3.8) is 0 Å². The van der Waals surface area contributed by atoms with E-state index in [-0.39, 0.29) is 0 Å². The van der Waals surface area contributed by atoms with Crippen molar-refractivity contribution in [1.29, 1.82) is 0 Å². The maximum Gasteiger partial charge on any atom is 0.0410 e. The standard InChI is InChI=1S/C13H21BrN2/c1-10(2)13(3,4)9-16-7-11-5-12(14)8-15-6-11/h5-6,8,10,16H,7,9H2,1-4H3. The summed E-state index contributed by atoms with van der Waals surface area (Å²) in [6, 6.07) is 2.10. The van der Waals surface area contributed by atoms with Crippen LogP contribution in [0.5, 0.6) is 0 Å². The Morgan fingerprint density at radius 2 is 2.06 bits per heavy atom. The van der Waals surface area contributed by atoms with Gasteiger partial charge in [-0.2, -0.15) is 0 Å². The molecule has 16 heavy (non-hydrogen) atoms. The molecule has 1 N–H and O–H groups in total. The van der Waals surface area contributed by atoms with Gasteiger partial charge in [0.2, 0.25) is 0 Å². The Hall–Kier alpha value is -0.410. The van der Waals surface area contributed by atoms with E-state index in [2.05, 4.69) is 60.0 Å². The van der Waals surface area contributed by atoms with E-state index in [1.165, 1.54) is 5.56 Å². The van der Waals surface area contributed by atoms with Crippen LogP contribution in [0.15, 0.2) is 22.9 Å². The van der Waals surface area contributed by atoms with Crippen LogP contribution in [0.25, 0.3) is 0 Å². The molecule has 0 aliphatic carbocycles. The minimum absolute atomic E-state index is 0.333. The van der Waals surface area contributed by atoms with Crippen molar-refractivity contribution in [2.75, 3.05) is 6.54 Å². The summed E-state index contributed by atoms with van der Waals surface area (Å²) in [6.07, 6.45) is 3.71. The third kappa shape index (κ3) is 4.22. The van der Waals surface area contributed by atoms with Crippen LogP contribution < -0.4 is 5.32 Å². The smallest absolute Gasteiger partial charge is 0.0410 e. The van der Waals surface area contributed by atoms with E-state index in [4.69, 9.17) is 0 Å². The molecule has 0 saturated carbocycles. The first-order valence-electron chi connectivity index (χ1n) is 5.72. The summed E-state index contributed by atoms with van der Waals surface area (Å²) < 4.78 is 1.04. The van der Waals surface area contributed by atoms with Gasteiger partial charge in [-0.05, 0) is 38.9 Å². The fourth-order valence-corrected chi connectivity index (χ4v) is 1.70. The lowest BCUT2D eigenvalue weighted by Gasteiger charge is -2.29. The quantitative estimate of drug-likeness (QED) is 0.893. The molecule has 0 bridgehead atoms. The Balaban J connectivity index is 2.42. The van der Waals surface area contributed by atoms with Crippen molar-refractivity contribution < 1.29 is 0 Å². The summed E-state index contributed by atoms with van der Waals surface area (Å²) in [4.78, 5) is 4.15. The molecule has 1 aromatic rings. The highest BCUT2D eigenvalue weighted by Crippen LogP contribution is 2.24. The van der Waals surface area contributed by atoms with Gasteiger partial charge in [0.15, 0.2) is 0 Å². The van der Waals surface area contributed by atoms with Gasteiger partial charge < -0.3 is 5.32 Å². The second-order valence-electron chi connectivity index (χ2n) is 5.26. The second-order valence-corrected chi connectivity index (χ2v) is 6.17. The van der Waals surface area contributed by atoms with Crippen LogP contribution in [-0.2, 0) is 6.54 Å². The van der Waals surface area contributed by atoms with Crippen molar-refractivity contribution in [3.05, 3.63) is 28.5 Å². The zero-order valence-corrected chi connectivity index (χ0v) is 12.1. The Morgan fingerprint density at radius 3 is 2.62 bits per heavy atom. The summed E-state index contributed by atoms with van der Waals surface area (Å²) in [7, 11) is 0. The average molecular weight is 285 g/mol. The van der Waals surface area contributed by atoms with Gasteiger partial charge in [-0.3, -0.25) is 4.98 Å². The fourth-order valence-electron chi connectivity index (χ4n) is 1.29. The molecule has 1 aromatic heterocycles. The largest absolute Gasteiger partial charge is 0.312 e. The molecule has 0 spiro atoms. The number of hydrogen-bond acceptors (Lipinski definition) is 2. The molecule has 0 aromatic carbocycles. The molecular weight excluding hydrogens is 264 g/mol. The summed E-state index contributed by atoms with van der Waals surface area (Å²) in [5, 5.41) is 3.49. The number of aromatic nitrogens is 1. The number of hydrogen-bond donors (Lipinski definition) is 1. The Morgan fingerprint density at radius 1 is 1.38 bits per heavy atom. The van der Waals surface area contributed by atoms with Crippen LogP contribution in [0.1, 0.15) is 33.3 Å². The van der Waals surface area contributed by atoms with Crippen LogP contribution in [0.2, 0.25) is 0 Å². The highest BCUT2D eigenvalue weighted by Gasteiger charge is 2.21. The van der Waals surface area contributed by atoms with E-state index in [1.807, 2.05) is 12.4 Å². The molecule has 2 nitrogen and oxygen atoms in total. The summed E-state index contributed by atoms with van der Waals surface area (Å²) in [6.45, 7) is 11.0. The van der Waals surface area contributed by atoms with Crippen LogP contribution >= 0.6 is 15.9 Å². The summed E-state index contributed by atoms with van der Waals surface area (Å²) in [5.41, 5.74) is 1.55. The van der Waals surface area contributed by atoms with Crippen molar-refractivity contribution in [2.45, 2.75) is 34.2 Å². The maximum absolute atomic E-state index is 4.15. The van der Waals surface area contributed by atoms with Gasteiger partial charge in [-0.25, -0.2) is 0 Å². The topological polar surface area (TPSA) is 24.9 Å². The van der Waals surface area contributed by atoms with E-state index < -0.39 is 0 Å². The minimum atomic E-state index is 0.333. The normalized spacial score (nSPS) is 12.1. The van der Waals surface area contributed by atoms with Crippen molar-refractivity contribution in [2.24, 2.45) is 11.3 Å². The lowest BCUT2D eigenvalue weighted by molar-refractivity contribution is 0.238. The van der Waals surface area contributed by atoms with Crippen molar-refractivity contribution >= 4 is 15.9 Å². The van der Waals surface area contributed by atoms with Crippen molar-refractivity contribution in [3.8, 4) is 0 Å². The lowest BCUT2D eigenvalue weighted by Crippen LogP contribution is -2.33. The predicted octanol–water partition coefficient (Wildman–Crippen LogP) is 3.62. The van der Waals surface area contributed by atoms with Gasteiger partial charge in [0.05, 0.1) is 0 Å². The van der Waals surface area contributed by atoms with E-state index >= 15 is 0 Å². The molecule has 1 rings (SSSR count). The molecule has 0 radical (unpaired) electrons. The molecule has 0 atom stereocenters. The third-order valence-corrected chi connectivity index (χ3v) is 3.67. The zero-order chi connectivity index (χ0) is 12.2. The molecule has 1 heterocycles. The van der Waals surface area contributed by atoms with E-state index in [1.54, 1.807) is 0 Å². The zero-order valence-electron chi connectivity index (χ0n) is 10.5. The fraction of sp³-hybridized carbons (Fsp3) is 0.615. The lowest BCUT2D eigenvalue weighted by atomic mass is 9.81. The molecule has 3 heteroatoms. The monoisotopic (exact) mass is 284 g/mol. The van der Waals surface area contributed by atoms with Gasteiger partial charge in [-0.1, -0.05) is 27.7 Å².